The summed E-state index contributed by atoms with van der Waals surface area (Å²) in [4.78, 5) is 47.6. The second-order valence-corrected chi connectivity index (χ2v) is 8.69. The van der Waals surface area contributed by atoms with Crippen molar-refractivity contribution in [3.63, 3.8) is 0 Å². The molecule has 0 bridgehead atoms. The Morgan fingerprint density at radius 1 is 1.20 bits per heavy atom. The molecule has 2 amide bonds. The Morgan fingerprint density at radius 3 is 2.69 bits per heavy atom. The molecule has 2 aromatic rings. The molecule has 186 valence electrons. The molecule has 0 radical (unpaired) electrons. The molecule has 0 aromatic heterocycles. The number of ether oxygens (including phenoxy) is 3. The highest BCUT2D eigenvalue weighted by molar-refractivity contribution is 7.98. The third-order valence-electron chi connectivity index (χ3n) is 4.88. The molecule has 35 heavy (non-hydrogen) atoms. The maximum Gasteiger partial charge on any atom is 0.329 e. The fraction of sp³-hybridized carbons (Fsp3) is 0.318. The van der Waals surface area contributed by atoms with E-state index in [4.69, 9.17) is 25.8 Å². The van der Waals surface area contributed by atoms with Crippen LogP contribution >= 0.6 is 23.4 Å². The summed E-state index contributed by atoms with van der Waals surface area (Å²) in [5, 5.41) is 15.9. The first kappa shape index (κ1) is 26.1. The van der Waals surface area contributed by atoms with Crippen LogP contribution in [-0.4, -0.2) is 54.2 Å². The van der Waals surface area contributed by atoms with E-state index >= 15 is 0 Å². The number of nitrogens with one attached hydrogen (secondary N) is 2. The van der Waals surface area contributed by atoms with E-state index < -0.39 is 35.4 Å². The summed E-state index contributed by atoms with van der Waals surface area (Å²) in [6.07, 6.45) is 2.08. The van der Waals surface area contributed by atoms with Crippen molar-refractivity contribution in [2.24, 2.45) is 0 Å². The number of thioether (sulfide) groups is 1. The number of hydrogen-bond acceptors (Lipinski definition) is 9. The molecule has 2 N–H and O–H groups in total. The van der Waals surface area contributed by atoms with Gasteiger partial charge in [0, 0.05) is 18.7 Å². The minimum absolute atomic E-state index is 0.0271. The zero-order chi connectivity index (χ0) is 25.4. The van der Waals surface area contributed by atoms with Crippen molar-refractivity contribution in [3.8, 4) is 11.5 Å². The number of fused-ring (bicyclic) bond motifs is 1. The number of carbonyl (C=O) groups is 3. The quantitative estimate of drug-likeness (QED) is 0.258. The van der Waals surface area contributed by atoms with Crippen molar-refractivity contribution in [3.05, 3.63) is 62.7 Å². The molecule has 0 aliphatic carbocycles. The van der Waals surface area contributed by atoms with Crippen molar-refractivity contribution < 1.29 is 33.5 Å². The van der Waals surface area contributed by atoms with Gasteiger partial charge in [0.2, 0.25) is 6.79 Å². The maximum atomic E-state index is 12.6. The molecule has 0 unspecified atom stereocenters. The average molecular weight is 524 g/mol. The van der Waals surface area contributed by atoms with Crippen molar-refractivity contribution in [1.82, 2.24) is 10.6 Å². The number of benzene rings is 2. The fourth-order valence-electron chi connectivity index (χ4n) is 3.06. The van der Waals surface area contributed by atoms with Crippen molar-refractivity contribution in [2.75, 3.05) is 25.4 Å². The van der Waals surface area contributed by atoms with Crippen LogP contribution < -0.4 is 20.1 Å². The first-order valence-corrected chi connectivity index (χ1v) is 12.1. The van der Waals surface area contributed by atoms with Gasteiger partial charge in [-0.1, -0.05) is 17.7 Å². The number of non-ortho nitro benzene ring substituents is 1. The van der Waals surface area contributed by atoms with Gasteiger partial charge in [-0.3, -0.25) is 19.7 Å². The summed E-state index contributed by atoms with van der Waals surface area (Å²) in [5.74, 6) is -0.260. The fourth-order valence-corrected chi connectivity index (χ4v) is 3.79. The van der Waals surface area contributed by atoms with Gasteiger partial charge in [-0.2, -0.15) is 11.8 Å². The lowest BCUT2D eigenvalue weighted by Crippen LogP contribution is -2.43. The molecule has 1 aliphatic rings. The average Bonchev–Trinajstić information content (AvgIpc) is 3.31. The SMILES string of the molecule is CSCC[C@H](NC(=O)c1ccc([N+](=O)[O-])cc1Cl)C(=O)OCC(=O)NCc1ccc2c(c1)OCO2. The molecule has 0 fully saturated rings. The van der Waals surface area contributed by atoms with Gasteiger partial charge < -0.3 is 24.8 Å². The molecule has 1 heterocycles. The lowest BCUT2D eigenvalue weighted by Gasteiger charge is -2.17. The van der Waals surface area contributed by atoms with Crippen LogP contribution in [0.15, 0.2) is 36.4 Å². The minimum Gasteiger partial charge on any atom is -0.454 e. The standard InChI is InChI=1S/C22H22ClN3O8S/c1-35-7-6-17(25-21(28)15-4-3-14(26(30)31)9-16(15)23)22(29)32-11-20(27)24-10-13-2-5-18-19(8-13)34-12-33-18/h2-5,8-9,17H,6-7,10-12H2,1H3,(H,24,27)(H,25,28)/t17-/m0/s1. The van der Waals surface area contributed by atoms with E-state index in [2.05, 4.69) is 10.6 Å². The summed E-state index contributed by atoms with van der Waals surface area (Å²) in [6, 6.07) is 7.61. The zero-order valence-corrected chi connectivity index (χ0v) is 20.1. The van der Waals surface area contributed by atoms with Gasteiger partial charge in [0.1, 0.15) is 6.04 Å². The van der Waals surface area contributed by atoms with Crippen LogP contribution in [0.4, 0.5) is 5.69 Å². The molecule has 1 atom stereocenters. The van der Waals surface area contributed by atoms with Gasteiger partial charge in [0.15, 0.2) is 18.1 Å². The summed E-state index contributed by atoms with van der Waals surface area (Å²) in [7, 11) is 0. The van der Waals surface area contributed by atoms with E-state index in [9.17, 15) is 24.5 Å². The highest BCUT2D eigenvalue weighted by Gasteiger charge is 2.25. The van der Waals surface area contributed by atoms with Crippen LogP contribution in [-0.2, 0) is 20.9 Å². The minimum atomic E-state index is -1.04. The summed E-state index contributed by atoms with van der Waals surface area (Å²) < 4.78 is 15.6. The summed E-state index contributed by atoms with van der Waals surface area (Å²) >= 11 is 7.46. The lowest BCUT2D eigenvalue weighted by molar-refractivity contribution is -0.384. The third-order valence-corrected chi connectivity index (χ3v) is 5.84. The Morgan fingerprint density at radius 2 is 1.97 bits per heavy atom. The lowest BCUT2D eigenvalue weighted by atomic mass is 10.1. The molecule has 13 heteroatoms. The number of nitrogens with zero attached hydrogens (tertiary/aromatic N) is 1. The summed E-state index contributed by atoms with van der Waals surface area (Å²) in [5.41, 5.74) is 0.483. The molecular weight excluding hydrogens is 502 g/mol. The summed E-state index contributed by atoms with van der Waals surface area (Å²) in [6.45, 7) is -0.197. The smallest absolute Gasteiger partial charge is 0.329 e. The third kappa shape index (κ3) is 7.23. The molecule has 2 aromatic carbocycles. The molecule has 1 aliphatic heterocycles. The van der Waals surface area contributed by atoms with Gasteiger partial charge in [-0.15, -0.1) is 0 Å². The number of esters is 1. The highest BCUT2D eigenvalue weighted by Crippen LogP contribution is 2.32. The number of nitro groups is 1. The highest BCUT2D eigenvalue weighted by atomic mass is 35.5. The first-order chi connectivity index (χ1) is 16.8. The van der Waals surface area contributed by atoms with E-state index in [-0.39, 0.29) is 36.0 Å². The van der Waals surface area contributed by atoms with Crippen LogP contribution in [0.3, 0.4) is 0 Å². The zero-order valence-electron chi connectivity index (χ0n) is 18.6. The first-order valence-electron chi connectivity index (χ1n) is 10.3. The van der Waals surface area contributed by atoms with E-state index in [1.807, 2.05) is 6.26 Å². The molecule has 0 saturated heterocycles. The largest absolute Gasteiger partial charge is 0.454 e. The van der Waals surface area contributed by atoms with Crippen LogP contribution in [0.5, 0.6) is 11.5 Å². The second-order valence-electron chi connectivity index (χ2n) is 7.30. The Hall–Kier alpha value is -3.51. The number of amides is 2. The number of nitro benzene ring substituents is 1. The van der Waals surface area contributed by atoms with Gasteiger partial charge in [-0.05, 0) is 42.2 Å². The Bertz CT molecular complexity index is 1130. The van der Waals surface area contributed by atoms with Crippen LogP contribution in [0.25, 0.3) is 0 Å². The number of carbonyl (C=O) groups excluding carboxylic acids is 3. The van der Waals surface area contributed by atoms with E-state index in [0.717, 1.165) is 17.7 Å². The van der Waals surface area contributed by atoms with Crippen molar-refractivity contribution in [1.29, 1.82) is 0 Å². The Kier molecular flexibility index (Phi) is 9.15. The maximum absolute atomic E-state index is 12.6. The monoisotopic (exact) mass is 523 g/mol. The number of rotatable bonds is 11. The molecule has 0 saturated carbocycles. The molecule has 11 nitrogen and oxygen atoms in total. The second kappa shape index (κ2) is 12.3. The van der Waals surface area contributed by atoms with Gasteiger partial charge in [0.05, 0.1) is 15.5 Å². The number of hydrogen-bond donors (Lipinski definition) is 2. The molecular formula is C22H22ClN3O8S. The van der Waals surface area contributed by atoms with Crippen LogP contribution in [0.1, 0.15) is 22.3 Å². The normalized spacial score (nSPS) is 12.5. The van der Waals surface area contributed by atoms with Crippen LogP contribution in [0.2, 0.25) is 5.02 Å². The van der Waals surface area contributed by atoms with Crippen molar-refractivity contribution >= 4 is 46.8 Å². The van der Waals surface area contributed by atoms with E-state index in [1.54, 1.807) is 18.2 Å². The van der Waals surface area contributed by atoms with Crippen LogP contribution in [0, 0.1) is 10.1 Å². The van der Waals surface area contributed by atoms with Gasteiger partial charge >= 0.3 is 5.97 Å². The van der Waals surface area contributed by atoms with E-state index in [0.29, 0.717) is 17.3 Å². The predicted molar refractivity (Wildman–Crippen MR) is 128 cm³/mol. The van der Waals surface area contributed by atoms with Crippen molar-refractivity contribution in [2.45, 2.75) is 19.0 Å². The van der Waals surface area contributed by atoms with Gasteiger partial charge in [0.25, 0.3) is 17.5 Å². The molecule has 0 spiro atoms. The Balaban J connectivity index is 1.53. The predicted octanol–water partition coefficient (Wildman–Crippen LogP) is 2.69. The molecule has 3 rings (SSSR count). The topological polar surface area (TPSA) is 146 Å². The number of halogens is 1. The Labute approximate surface area is 209 Å². The van der Waals surface area contributed by atoms with Gasteiger partial charge in [-0.25, -0.2) is 4.79 Å². The van der Waals surface area contributed by atoms with E-state index in [1.165, 1.54) is 17.8 Å².